The van der Waals surface area contributed by atoms with Crippen LogP contribution in [0.15, 0.2) is 48.5 Å². The van der Waals surface area contributed by atoms with E-state index in [1.165, 1.54) is 4.70 Å². The van der Waals surface area contributed by atoms with Crippen molar-refractivity contribution in [2.75, 3.05) is 7.11 Å². The number of methoxy groups -OCH3 is 1. The molecule has 0 aliphatic carbocycles. The van der Waals surface area contributed by atoms with E-state index < -0.39 is 0 Å². The summed E-state index contributed by atoms with van der Waals surface area (Å²) in [6.45, 7) is 0. The molecule has 0 aliphatic heterocycles. The fourth-order valence-corrected chi connectivity index (χ4v) is 3.30. The minimum Gasteiger partial charge on any atom is -0.497 e. The lowest BCUT2D eigenvalue weighted by Crippen LogP contribution is -2.04. The number of Topliss-reactive ketones (excluding diaryl/α,β-unsaturated/α-hetero) is 1. The molecule has 112 valence electrons. The quantitative estimate of drug-likeness (QED) is 0.689. The Morgan fingerprint density at radius 1 is 1.14 bits per heavy atom. The molecule has 3 aromatic rings. The van der Waals surface area contributed by atoms with Crippen LogP contribution in [0.1, 0.15) is 17.0 Å². The summed E-state index contributed by atoms with van der Waals surface area (Å²) in [7, 11) is 1.64. The number of rotatable bonds is 6. The Morgan fingerprint density at radius 3 is 2.64 bits per heavy atom. The number of carbonyl (C=O) groups is 1. The van der Waals surface area contributed by atoms with Gasteiger partial charge in [0.25, 0.3) is 0 Å². The summed E-state index contributed by atoms with van der Waals surface area (Å²) in [4.78, 5) is 16.7. The molecule has 0 radical (unpaired) electrons. The first-order valence-electron chi connectivity index (χ1n) is 7.23. The molecule has 0 unspecified atom stereocenters. The molecule has 1 aromatic heterocycles. The van der Waals surface area contributed by atoms with Gasteiger partial charge in [0.1, 0.15) is 11.5 Å². The molecule has 22 heavy (non-hydrogen) atoms. The molecule has 0 atom stereocenters. The summed E-state index contributed by atoms with van der Waals surface area (Å²) >= 11 is 1.67. The Kier molecular flexibility index (Phi) is 4.49. The zero-order chi connectivity index (χ0) is 15.4. The van der Waals surface area contributed by atoms with Gasteiger partial charge < -0.3 is 4.74 Å². The molecule has 4 heteroatoms. The van der Waals surface area contributed by atoms with E-state index in [2.05, 4.69) is 11.1 Å². The van der Waals surface area contributed by atoms with Gasteiger partial charge >= 0.3 is 0 Å². The highest BCUT2D eigenvalue weighted by Crippen LogP contribution is 2.22. The second kappa shape index (κ2) is 6.71. The smallest absolute Gasteiger partial charge is 0.137 e. The third-order valence-electron chi connectivity index (χ3n) is 3.52. The molecule has 0 N–H and O–H groups in total. The van der Waals surface area contributed by atoms with E-state index in [1.807, 2.05) is 42.5 Å². The molecule has 3 rings (SSSR count). The van der Waals surface area contributed by atoms with E-state index >= 15 is 0 Å². The number of thiazole rings is 1. The molecule has 1 heterocycles. The highest BCUT2D eigenvalue weighted by Gasteiger charge is 2.08. The van der Waals surface area contributed by atoms with E-state index in [4.69, 9.17) is 4.74 Å². The van der Waals surface area contributed by atoms with Gasteiger partial charge in [-0.05, 0) is 29.8 Å². The number of aryl methyl sites for hydroxylation is 1. The molecule has 0 saturated carbocycles. The number of aromatic nitrogens is 1. The number of fused-ring (bicyclic) bond motifs is 1. The largest absolute Gasteiger partial charge is 0.497 e. The number of nitrogens with zero attached hydrogens (tertiary/aromatic N) is 1. The van der Waals surface area contributed by atoms with Gasteiger partial charge in [0, 0.05) is 19.3 Å². The van der Waals surface area contributed by atoms with E-state index in [0.29, 0.717) is 19.3 Å². The van der Waals surface area contributed by atoms with Gasteiger partial charge in [-0.1, -0.05) is 24.3 Å². The van der Waals surface area contributed by atoms with Gasteiger partial charge in [-0.2, -0.15) is 0 Å². The lowest BCUT2D eigenvalue weighted by atomic mass is 10.1. The SMILES string of the molecule is COc1ccc(CC(=O)CCc2nc3ccccc3s2)cc1. The molecule has 0 bridgehead atoms. The molecule has 0 saturated heterocycles. The van der Waals surface area contributed by atoms with Crippen LogP contribution in [0.3, 0.4) is 0 Å². The topological polar surface area (TPSA) is 39.2 Å². The molecule has 3 nitrogen and oxygen atoms in total. The van der Waals surface area contributed by atoms with E-state index in [-0.39, 0.29) is 5.78 Å². The monoisotopic (exact) mass is 311 g/mol. The van der Waals surface area contributed by atoms with E-state index in [1.54, 1.807) is 18.4 Å². The number of hydrogen-bond acceptors (Lipinski definition) is 4. The zero-order valence-electron chi connectivity index (χ0n) is 12.4. The van der Waals surface area contributed by atoms with Crippen molar-refractivity contribution < 1.29 is 9.53 Å². The third kappa shape index (κ3) is 3.52. The van der Waals surface area contributed by atoms with Crippen molar-refractivity contribution in [1.82, 2.24) is 4.98 Å². The van der Waals surface area contributed by atoms with Crippen molar-refractivity contribution in [3.8, 4) is 5.75 Å². The van der Waals surface area contributed by atoms with Crippen molar-refractivity contribution in [1.29, 1.82) is 0 Å². The first kappa shape index (κ1) is 14.7. The molecule has 2 aromatic carbocycles. The summed E-state index contributed by atoms with van der Waals surface area (Å²) in [6.07, 6.45) is 1.72. The van der Waals surface area contributed by atoms with Crippen molar-refractivity contribution in [2.24, 2.45) is 0 Å². The summed E-state index contributed by atoms with van der Waals surface area (Å²) in [6, 6.07) is 15.7. The van der Waals surface area contributed by atoms with Gasteiger partial charge in [0.2, 0.25) is 0 Å². The summed E-state index contributed by atoms with van der Waals surface area (Å²) in [5.74, 6) is 1.05. The Labute approximate surface area is 133 Å². The van der Waals surface area contributed by atoms with Crippen LogP contribution in [-0.2, 0) is 17.6 Å². The van der Waals surface area contributed by atoms with Gasteiger partial charge in [-0.15, -0.1) is 11.3 Å². The average Bonchev–Trinajstić information content (AvgIpc) is 2.96. The lowest BCUT2D eigenvalue weighted by Gasteiger charge is -2.02. The summed E-state index contributed by atoms with van der Waals surface area (Å²) in [5.41, 5.74) is 2.04. The Bertz CT molecular complexity index is 744. The van der Waals surface area contributed by atoms with Crippen molar-refractivity contribution >= 4 is 27.3 Å². The van der Waals surface area contributed by atoms with E-state index in [9.17, 15) is 4.79 Å². The van der Waals surface area contributed by atoms with E-state index in [0.717, 1.165) is 21.8 Å². The van der Waals surface area contributed by atoms with Gasteiger partial charge in [-0.3, -0.25) is 4.79 Å². The number of benzene rings is 2. The number of hydrogen-bond donors (Lipinski definition) is 0. The van der Waals surface area contributed by atoms with Crippen LogP contribution in [0.25, 0.3) is 10.2 Å². The van der Waals surface area contributed by atoms with Crippen molar-refractivity contribution in [3.05, 3.63) is 59.1 Å². The van der Waals surface area contributed by atoms with Gasteiger partial charge in [0.15, 0.2) is 0 Å². The zero-order valence-corrected chi connectivity index (χ0v) is 13.2. The number of ether oxygens (including phenoxy) is 1. The molecular formula is C18H17NO2S. The first-order valence-corrected chi connectivity index (χ1v) is 8.05. The van der Waals surface area contributed by atoms with Crippen LogP contribution < -0.4 is 4.74 Å². The molecule has 0 aliphatic rings. The van der Waals surface area contributed by atoms with Gasteiger partial charge in [-0.25, -0.2) is 4.98 Å². The number of para-hydroxylation sites is 1. The summed E-state index contributed by atoms with van der Waals surface area (Å²) in [5, 5.41) is 1.03. The molecule has 0 fully saturated rings. The van der Waals surface area contributed by atoms with Crippen molar-refractivity contribution in [3.63, 3.8) is 0 Å². The maximum Gasteiger partial charge on any atom is 0.137 e. The third-order valence-corrected chi connectivity index (χ3v) is 4.61. The second-order valence-corrected chi connectivity index (χ2v) is 6.25. The van der Waals surface area contributed by atoms with Gasteiger partial charge in [0.05, 0.1) is 22.3 Å². The highest BCUT2D eigenvalue weighted by molar-refractivity contribution is 7.18. The average molecular weight is 311 g/mol. The van der Waals surface area contributed by atoms with Crippen LogP contribution in [0.5, 0.6) is 5.75 Å². The normalized spacial score (nSPS) is 10.8. The fraction of sp³-hybridized carbons (Fsp3) is 0.222. The fourth-order valence-electron chi connectivity index (χ4n) is 2.33. The standard InChI is InChI=1S/C18H17NO2S/c1-21-15-9-6-13(7-10-15)12-14(20)8-11-18-19-16-4-2-3-5-17(16)22-18/h2-7,9-10H,8,11-12H2,1H3. The maximum absolute atomic E-state index is 12.1. The minimum atomic E-state index is 0.240. The minimum absolute atomic E-state index is 0.240. The Morgan fingerprint density at radius 2 is 1.91 bits per heavy atom. The molecule has 0 amide bonds. The number of ketones is 1. The van der Waals surface area contributed by atoms with Crippen LogP contribution in [0.2, 0.25) is 0 Å². The van der Waals surface area contributed by atoms with Crippen LogP contribution >= 0.6 is 11.3 Å². The van der Waals surface area contributed by atoms with Crippen LogP contribution in [-0.4, -0.2) is 17.9 Å². The van der Waals surface area contributed by atoms with Crippen LogP contribution in [0.4, 0.5) is 0 Å². The first-order chi connectivity index (χ1) is 10.7. The van der Waals surface area contributed by atoms with Crippen LogP contribution in [0, 0.1) is 0 Å². The Balaban J connectivity index is 1.57. The number of carbonyl (C=O) groups excluding carboxylic acids is 1. The predicted molar refractivity (Wildman–Crippen MR) is 89.6 cm³/mol. The maximum atomic E-state index is 12.1. The predicted octanol–water partition coefficient (Wildman–Crippen LogP) is 4.05. The van der Waals surface area contributed by atoms with Crippen molar-refractivity contribution in [2.45, 2.75) is 19.3 Å². The summed E-state index contributed by atoms with van der Waals surface area (Å²) < 4.78 is 6.30. The highest BCUT2D eigenvalue weighted by atomic mass is 32.1. The lowest BCUT2D eigenvalue weighted by molar-refractivity contribution is -0.118. The molecular weight excluding hydrogens is 294 g/mol. The second-order valence-electron chi connectivity index (χ2n) is 5.14. The Hall–Kier alpha value is -2.20. The molecule has 0 spiro atoms.